The number of carbonyl (C=O) groups excluding carboxylic acids is 2. The topological polar surface area (TPSA) is 90.0 Å². The van der Waals surface area contributed by atoms with Crippen LogP contribution in [0.25, 0.3) is 0 Å². The molecule has 20 heavy (non-hydrogen) atoms. The summed E-state index contributed by atoms with van der Waals surface area (Å²) in [5, 5.41) is 2.84. The molecule has 2 aromatic rings. The molecule has 0 spiro atoms. The molecule has 104 valence electrons. The van der Waals surface area contributed by atoms with Crippen LogP contribution in [0, 0.1) is 0 Å². The molecule has 2 rings (SSSR count). The molecule has 1 aromatic carbocycles. The predicted octanol–water partition coefficient (Wildman–Crippen LogP) is 0.594. The van der Waals surface area contributed by atoms with E-state index in [4.69, 9.17) is 5.73 Å². The molecule has 1 unspecified atom stereocenters. The number of nitrogens with one attached hydrogen (secondary N) is 1. The Bertz CT molecular complexity index is 607. The minimum Gasteiger partial charge on any atom is -0.369 e. The number of primary amides is 1. The fourth-order valence-electron chi connectivity index (χ4n) is 2.01. The van der Waals surface area contributed by atoms with Crippen LogP contribution in [0.1, 0.15) is 24.5 Å². The molecular weight excluding hydrogens is 256 g/mol. The van der Waals surface area contributed by atoms with Crippen LogP contribution in [0.5, 0.6) is 0 Å². The van der Waals surface area contributed by atoms with Crippen molar-refractivity contribution in [2.45, 2.75) is 19.5 Å². The minimum atomic E-state index is -0.466. The summed E-state index contributed by atoms with van der Waals surface area (Å²) in [5.41, 5.74) is 6.11. The first-order valence-electron chi connectivity index (χ1n) is 6.20. The normalized spacial score (nSPS) is 11.8. The van der Waals surface area contributed by atoms with Gasteiger partial charge in [0.2, 0.25) is 11.8 Å². The Morgan fingerprint density at radius 2 is 2.05 bits per heavy atom. The molecule has 6 heteroatoms. The summed E-state index contributed by atoms with van der Waals surface area (Å²) in [7, 11) is 0. The molecule has 6 nitrogen and oxygen atoms in total. The minimum absolute atomic E-state index is 0.0237. The lowest BCUT2D eigenvalue weighted by molar-refractivity contribution is -0.120. The maximum atomic E-state index is 11.4. The van der Waals surface area contributed by atoms with Gasteiger partial charge in [-0.1, -0.05) is 30.3 Å². The van der Waals surface area contributed by atoms with Crippen molar-refractivity contribution >= 4 is 11.8 Å². The van der Waals surface area contributed by atoms with Crippen LogP contribution in [0.3, 0.4) is 0 Å². The lowest BCUT2D eigenvalue weighted by atomic mass is 10.1. The van der Waals surface area contributed by atoms with E-state index in [1.807, 2.05) is 30.3 Å². The fraction of sp³-hybridized carbons (Fsp3) is 0.214. The van der Waals surface area contributed by atoms with E-state index in [2.05, 4.69) is 10.3 Å². The Kier molecular flexibility index (Phi) is 4.14. The number of benzene rings is 1. The first kappa shape index (κ1) is 13.8. The second-order valence-electron chi connectivity index (χ2n) is 4.41. The van der Waals surface area contributed by atoms with Gasteiger partial charge in [-0.25, -0.2) is 4.98 Å². The standard InChI is InChI=1S/C14H16N4O2/c1-10(19)17-14(11-5-3-2-4-6-11)18-8-7-16-13(18)9-12(15)20/h2-8,14H,9H2,1H3,(H2,15,20)(H,17,19). The third-order valence-corrected chi connectivity index (χ3v) is 2.81. The van der Waals surface area contributed by atoms with Crippen LogP contribution in [0.4, 0.5) is 0 Å². The van der Waals surface area contributed by atoms with Gasteiger partial charge < -0.3 is 15.6 Å². The lowest BCUT2D eigenvalue weighted by Gasteiger charge is -2.21. The van der Waals surface area contributed by atoms with E-state index in [1.165, 1.54) is 6.92 Å². The highest BCUT2D eigenvalue weighted by Crippen LogP contribution is 2.17. The van der Waals surface area contributed by atoms with Crippen LogP contribution in [0.15, 0.2) is 42.7 Å². The molecule has 1 aromatic heterocycles. The number of aromatic nitrogens is 2. The van der Waals surface area contributed by atoms with E-state index >= 15 is 0 Å². The Morgan fingerprint density at radius 3 is 2.65 bits per heavy atom. The quantitative estimate of drug-likeness (QED) is 0.835. The van der Waals surface area contributed by atoms with E-state index in [9.17, 15) is 9.59 Å². The van der Waals surface area contributed by atoms with Gasteiger partial charge in [0.15, 0.2) is 0 Å². The smallest absolute Gasteiger partial charge is 0.225 e. The highest BCUT2D eigenvalue weighted by Gasteiger charge is 2.18. The Balaban J connectivity index is 2.39. The largest absolute Gasteiger partial charge is 0.369 e. The summed E-state index contributed by atoms with van der Waals surface area (Å²) < 4.78 is 1.74. The summed E-state index contributed by atoms with van der Waals surface area (Å²) in [6, 6.07) is 9.46. The number of hydrogen-bond donors (Lipinski definition) is 2. The van der Waals surface area contributed by atoms with Crippen LogP contribution in [0.2, 0.25) is 0 Å². The molecule has 0 aliphatic rings. The molecule has 0 fully saturated rings. The molecule has 2 amide bonds. The molecule has 0 saturated heterocycles. The van der Waals surface area contributed by atoms with Crippen molar-refractivity contribution in [2.75, 3.05) is 0 Å². The summed E-state index contributed by atoms with van der Waals surface area (Å²) in [4.78, 5) is 26.6. The van der Waals surface area contributed by atoms with Gasteiger partial charge in [0, 0.05) is 19.3 Å². The molecule has 0 aliphatic carbocycles. The van der Waals surface area contributed by atoms with Gasteiger partial charge in [-0.05, 0) is 5.56 Å². The number of hydrogen-bond acceptors (Lipinski definition) is 3. The summed E-state index contributed by atoms with van der Waals surface area (Å²) in [6.45, 7) is 1.45. The summed E-state index contributed by atoms with van der Waals surface area (Å²) in [6.07, 6.45) is 2.91. The first-order chi connectivity index (χ1) is 9.58. The van der Waals surface area contributed by atoms with E-state index in [-0.39, 0.29) is 12.3 Å². The molecule has 0 saturated carbocycles. The second kappa shape index (κ2) is 6.01. The van der Waals surface area contributed by atoms with Crippen molar-refractivity contribution in [3.63, 3.8) is 0 Å². The Morgan fingerprint density at radius 1 is 1.35 bits per heavy atom. The molecule has 0 bridgehead atoms. The third-order valence-electron chi connectivity index (χ3n) is 2.81. The maximum Gasteiger partial charge on any atom is 0.225 e. The number of carbonyl (C=O) groups is 2. The molecular formula is C14H16N4O2. The van der Waals surface area contributed by atoms with Crippen molar-refractivity contribution in [1.82, 2.24) is 14.9 Å². The van der Waals surface area contributed by atoms with Crippen LogP contribution in [-0.2, 0) is 16.0 Å². The van der Waals surface area contributed by atoms with E-state index < -0.39 is 12.1 Å². The number of amides is 2. The van der Waals surface area contributed by atoms with Gasteiger partial charge in [-0.3, -0.25) is 9.59 Å². The molecule has 0 radical (unpaired) electrons. The Hall–Kier alpha value is -2.63. The highest BCUT2D eigenvalue weighted by atomic mass is 16.1. The average Bonchev–Trinajstić information content (AvgIpc) is 2.84. The predicted molar refractivity (Wildman–Crippen MR) is 73.5 cm³/mol. The fourth-order valence-corrected chi connectivity index (χ4v) is 2.01. The van der Waals surface area contributed by atoms with Crippen LogP contribution < -0.4 is 11.1 Å². The summed E-state index contributed by atoms with van der Waals surface area (Å²) in [5.74, 6) is -0.121. The highest BCUT2D eigenvalue weighted by molar-refractivity contribution is 5.76. The van der Waals surface area contributed by atoms with Gasteiger partial charge in [0.1, 0.15) is 12.0 Å². The van der Waals surface area contributed by atoms with E-state index in [1.54, 1.807) is 17.0 Å². The van der Waals surface area contributed by atoms with Gasteiger partial charge in [0.05, 0.1) is 6.42 Å². The molecule has 1 atom stereocenters. The molecule has 3 N–H and O–H groups in total. The van der Waals surface area contributed by atoms with Crippen LogP contribution in [-0.4, -0.2) is 21.4 Å². The zero-order valence-corrected chi connectivity index (χ0v) is 11.1. The van der Waals surface area contributed by atoms with Crippen molar-refractivity contribution < 1.29 is 9.59 Å². The number of imidazole rings is 1. The van der Waals surface area contributed by atoms with Gasteiger partial charge in [0.25, 0.3) is 0 Å². The Labute approximate surface area is 116 Å². The SMILES string of the molecule is CC(=O)NC(c1ccccc1)n1ccnc1CC(N)=O. The van der Waals surface area contributed by atoms with E-state index in [0.29, 0.717) is 5.82 Å². The van der Waals surface area contributed by atoms with Crippen molar-refractivity contribution in [1.29, 1.82) is 0 Å². The zero-order valence-electron chi connectivity index (χ0n) is 11.1. The van der Waals surface area contributed by atoms with Gasteiger partial charge in [-0.15, -0.1) is 0 Å². The second-order valence-corrected chi connectivity index (χ2v) is 4.41. The maximum absolute atomic E-state index is 11.4. The zero-order chi connectivity index (χ0) is 14.5. The van der Waals surface area contributed by atoms with Crippen molar-refractivity contribution in [3.05, 3.63) is 54.1 Å². The first-order valence-corrected chi connectivity index (χ1v) is 6.20. The van der Waals surface area contributed by atoms with E-state index in [0.717, 1.165) is 5.56 Å². The monoisotopic (exact) mass is 272 g/mol. The third kappa shape index (κ3) is 3.23. The molecule has 0 aliphatic heterocycles. The van der Waals surface area contributed by atoms with Gasteiger partial charge in [-0.2, -0.15) is 0 Å². The average molecular weight is 272 g/mol. The number of nitrogens with zero attached hydrogens (tertiary/aromatic N) is 2. The van der Waals surface area contributed by atoms with Crippen molar-refractivity contribution in [2.24, 2.45) is 5.73 Å². The number of rotatable bonds is 5. The van der Waals surface area contributed by atoms with Gasteiger partial charge >= 0.3 is 0 Å². The lowest BCUT2D eigenvalue weighted by Crippen LogP contribution is -2.33. The number of nitrogens with two attached hydrogens (primary N) is 1. The summed E-state index contributed by atoms with van der Waals surface area (Å²) >= 11 is 0. The van der Waals surface area contributed by atoms with Crippen molar-refractivity contribution in [3.8, 4) is 0 Å². The molecule has 1 heterocycles. The van der Waals surface area contributed by atoms with Crippen LogP contribution >= 0.6 is 0 Å².